The Morgan fingerprint density at radius 2 is 1.83 bits per heavy atom. The maximum atomic E-state index is 12.9. The fraction of sp³-hybridized carbons (Fsp3) is 0.423. The molecule has 35 heavy (non-hydrogen) atoms. The number of ether oxygens (including phenoxy) is 1. The molecule has 9 nitrogen and oxygen atoms in total. The number of nitrogens with zero attached hydrogens (tertiary/aromatic N) is 5. The first-order valence-electron chi connectivity index (χ1n) is 12.0. The van der Waals surface area contributed by atoms with E-state index in [-0.39, 0.29) is 30.3 Å². The molecule has 3 aromatic heterocycles. The van der Waals surface area contributed by atoms with Crippen LogP contribution in [0.15, 0.2) is 46.1 Å². The van der Waals surface area contributed by atoms with Crippen LogP contribution in [0.25, 0.3) is 22.1 Å². The van der Waals surface area contributed by atoms with Crippen LogP contribution in [0, 0.1) is 5.92 Å². The number of unbranched alkanes of at least 4 members (excludes halogenated alkanes) is 2. The summed E-state index contributed by atoms with van der Waals surface area (Å²) in [6.45, 7) is 4.70. The summed E-state index contributed by atoms with van der Waals surface area (Å²) in [5, 5.41) is 10.0. The highest BCUT2D eigenvalue weighted by Crippen LogP contribution is 2.25. The van der Waals surface area contributed by atoms with Crippen molar-refractivity contribution in [3.05, 3.63) is 68.8 Å². The van der Waals surface area contributed by atoms with E-state index in [0.717, 1.165) is 28.3 Å². The minimum atomic E-state index is -0.457. The van der Waals surface area contributed by atoms with Crippen LogP contribution in [0.3, 0.4) is 0 Å². The number of hydrogen-bond acceptors (Lipinski definition) is 7. The molecule has 0 saturated heterocycles. The maximum absolute atomic E-state index is 12.9. The third kappa shape index (κ3) is 5.24. The Bertz CT molecular complexity index is 1450. The van der Waals surface area contributed by atoms with Gasteiger partial charge in [0.25, 0.3) is 5.56 Å². The number of para-hydroxylation sites is 1. The normalized spacial score (nSPS) is 11.6. The molecule has 0 aliphatic heterocycles. The van der Waals surface area contributed by atoms with Crippen molar-refractivity contribution in [3.63, 3.8) is 0 Å². The van der Waals surface area contributed by atoms with Gasteiger partial charge in [0.15, 0.2) is 11.2 Å². The zero-order valence-electron chi connectivity index (χ0n) is 20.4. The van der Waals surface area contributed by atoms with Gasteiger partial charge in [-0.25, -0.2) is 14.8 Å². The highest BCUT2D eigenvalue weighted by molar-refractivity contribution is 5.84. The summed E-state index contributed by atoms with van der Waals surface area (Å²) in [7, 11) is 1.47. The van der Waals surface area contributed by atoms with Crippen molar-refractivity contribution in [2.24, 2.45) is 13.0 Å². The molecule has 0 aliphatic carbocycles. The third-order valence-corrected chi connectivity index (χ3v) is 5.91. The summed E-state index contributed by atoms with van der Waals surface area (Å²) >= 11 is 0. The van der Waals surface area contributed by atoms with Crippen molar-refractivity contribution in [1.29, 1.82) is 0 Å². The van der Waals surface area contributed by atoms with Gasteiger partial charge in [-0.3, -0.25) is 18.9 Å². The van der Waals surface area contributed by atoms with Crippen molar-refractivity contribution in [2.45, 2.75) is 52.7 Å². The van der Waals surface area contributed by atoms with Crippen molar-refractivity contribution in [1.82, 2.24) is 24.1 Å². The zero-order valence-corrected chi connectivity index (χ0v) is 20.4. The van der Waals surface area contributed by atoms with E-state index in [1.165, 1.54) is 11.6 Å². The highest BCUT2D eigenvalue weighted by atomic mass is 16.5. The number of fused-ring (bicyclic) bond motifs is 2. The molecule has 0 amide bonds. The molecule has 0 fully saturated rings. The molecule has 0 aliphatic rings. The Labute approximate surface area is 203 Å². The van der Waals surface area contributed by atoms with Crippen LogP contribution in [-0.2, 0) is 26.6 Å². The van der Waals surface area contributed by atoms with Crippen LogP contribution in [0.5, 0.6) is 5.75 Å². The molecule has 9 heteroatoms. The smallest absolute Gasteiger partial charge is 0.332 e. The van der Waals surface area contributed by atoms with E-state index in [1.54, 1.807) is 6.20 Å². The number of pyridine rings is 1. The van der Waals surface area contributed by atoms with Gasteiger partial charge in [0.2, 0.25) is 0 Å². The highest BCUT2D eigenvalue weighted by Gasteiger charge is 2.19. The lowest BCUT2D eigenvalue weighted by atomic mass is 10.1. The minimum absolute atomic E-state index is 0.135. The monoisotopic (exact) mass is 477 g/mol. The summed E-state index contributed by atoms with van der Waals surface area (Å²) in [6.07, 6.45) is 4.61. The number of benzene rings is 1. The largest absolute Gasteiger partial charge is 0.486 e. The molecular formula is C26H31N5O4. The zero-order chi connectivity index (χ0) is 24.9. The first-order chi connectivity index (χ1) is 16.9. The molecule has 0 unspecified atom stereocenters. The minimum Gasteiger partial charge on any atom is -0.486 e. The number of aryl methyl sites for hydroxylation is 1. The quantitative estimate of drug-likeness (QED) is 0.350. The molecule has 4 aromatic rings. The van der Waals surface area contributed by atoms with Gasteiger partial charge in [-0.05, 0) is 43.4 Å². The molecule has 0 saturated carbocycles. The Morgan fingerprint density at radius 1 is 1.03 bits per heavy atom. The maximum Gasteiger partial charge on any atom is 0.332 e. The standard InChI is InChI=1S/C26H31N5O4/c1-17(2)15-31-24-23(25(33)30(3)26(31)34)28-20(11-5-4-8-14-32)21(29-24)16-35-22-12-13-27-19-10-7-6-9-18(19)22/h6-7,9-10,12-13,17,32H,4-5,8,11,14-16H2,1-3H3. The Hall–Kier alpha value is -3.59. The lowest BCUT2D eigenvalue weighted by molar-refractivity contribution is 0.282. The van der Waals surface area contributed by atoms with Gasteiger partial charge in [-0.2, -0.15) is 0 Å². The molecule has 184 valence electrons. The SMILES string of the molecule is CC(C)Cn1c(=O)n(C)c(=O)c2nc(CCCCCO)c(COc3ccnc4ccccc34)nc21. The third-order valence-electron chi connectivity index (χ3n) is 5.91. The second kappa shape index (κ2) is 10.8. The summed E-state index contributed by atoms with van der Waals surface area (Å²) in [6, 6.07) is 9.53. The molecule has 0 radical (unpaired) electrons. The molecule has 1 N–H and O–H groups in total. The molecule has 3 heterocycles. The molecular weight excluding hydrogens is 446 g/mol. The van der Waals surface area contributed by atoms with E-state index in [2.05, 4.69) is 4.98 Å². The Morgan fingerprint density at radius 3 is 2.60 bits per heavy atom. The summed E-state index contributed by atoms with van der Waals surface area (Å²) < 4.78 is 8.79. The van der Waals surface area contributed by atoms with Crippen LogP contribution in [-0.4, -0.2) is 35.8 Å². The van der Waals surface area contributed by atoms with E-state index in [9.17, 15) is 9.59 Å². The van der Waals surface area contributed by atoms with E-state index >= 15 is 0 Å². The van der Waals surface area contributed by atoms with Crippen molar-refractivity contribution < 1.29 is 9.84 Å². The predicted molar refractivity (Wildman–Crippen MR) is 135 cm³/mol. The summed E-state index contributed by atoms with van der Waals surface area (Å²) in [4.78, 5) is 39.7. The van der Waals surface area contributed by atoms with Crippen LogP contribution in [0.2, 0.25) is 0 Å². The van der Waals surface area contributed by atoms with Gasteiger partial charge < -0.3 is 9.84 Å². The van der Waals surface area contributed by atoms with Gasteiger partial charge in [0.05, 0.1) is 11.2 Å². The van der Waals surface area contributed by atoms with E-state index in [4.69, 9.17) is 19.8 Å². The fourth-order valence-corrected chi connectivity index (χ4v) is 4.11. The fourth-order valence-electron chi connectivity index (χ4n) is 4.11. The Balaban J connectivity index is 1.80. The Kier molecular flexibility index (Phi) is 7.55. The second-order valence-corrected chi connectivity index (χ2v) is 9.09. The van der Waals surface area contributed by atoms with E-state index in [1.807, 2.05) is 44.2 Å². The van der Waals surface area contributed by atoms with E-state index < -0.39 is 11.2 Å². The van der Waals surface area contributed by atoms with Crippen LogP contribution in [0.4, 0.5) is 0 Å². The van der Waals surface area contributed by atoms with Gasteiger partial charge >= 0.3 is 5.69 Å². The average Bonchev–Trinajstić information content (AvgIpc) is 2.86. The number of rotatable bonds is 10. The van der Waals surface area contributed by atoms with Crippen LogP contribution >= 0.6 is 0 Å². The molecule has 1 aromatic carbocycles. The predicted octanol–water partition coefficient (Wildman–Crippen LogP) is 2.98. The van der Waals surface area contributed by atoms with Gasteiger partial charge in [-0.1, -0.05) is 32.4 Å². The molecule has 4 rings (SSSR count). The number of hydrogen-bond donors (Lipinski definition) is 1. The number of aliphatic hydroxyl groups excluding tert-OH is 1. The summed E-state index contributed by atoms with van der Waals surface area (Å²) in [5.74, 6) is 0.850. The molecule has 0 spiro atoms. The van der Waals surface area contributed by atoms with Gasteiger partial charge in [0.1, 0.15) is 18.1 Å². The topological polar surface area (TPSA) is 112 Å². The van der Waals surface area contributed by atoms with Crippen molar-refractivity contribution in [3.8, 4) is 5.75 Å². The van der Waals surface area contributed by atoms with Crippen molar-refractivity contribution >= 4 is 22.1 Å². The molecule has 0 atom stereocenters. The summed E-state index contributed by atoms with van der Waals surface area (Å²) in [5.41, 5.74) is 1.68. The molecule has 0 bridgehead atoms. The number of aromatic nitrogens is 5. The van der Waals surface area contributed by atoms with Crippen molar-refractivity contribution in [2.75, 3.05) is 6.61 Å². The van der Waals surface area contributed by atoms with Gasteiger partial charge in [0, 0.05) is 31.8 Å². The number of aliphatic hydroxyl groups is 1. The van der Waals surface area contributed by atoms with E-state index in [0.29, 0.717) is 36.5 Å². The lowest BCUT2D eigenvalue weighted by Gasteiger charge is -2.16. The van der Waals surface area contributed by atoms with Crippen LogP contribution in [0.1, 0.15) is 44.5 Å². The average molecular weight is 478 g/mol. The second-order valence-electron chi connectivity index (χ2n) is 9.09. The first kappa shape index (κ1) is 24.5. The lowest BCUT2D eigenvalue weighted by Crippen LogP contribution is -2.40. The van der Waals surface area contributed by atoms with Crippen LogP contribution < -0.4 is 16.0 Å². The van der Waals surface area contributed by atoms with Gasteiger partial charge in [-0.15, -0.1) is 0 Å². The first-order valence-corrected chi connectivity index (χ1v) is 12.0.